The fraction of sp³-hybridized carbons (Fsp3) is 0.192. The van der Waals surface area contributed by atoms with Crippen LogP contribution < -0.4 is 14.2 Å². The Balaban J connectivity index is 1.54. The van der Waals surface area contributed by atoms with E-state index in [1.165, 1.54) is 11.8 Å². The average molecular weight is 476 g/mol. The molecule has 8 heteroatoms. The van der Waals surface area contributed by atoms with Gasteiger partial charge in [0.05, 0.1) is 20.0 Å². The van der Waals surface area contributed by atoms with Crippen molar-refractivity contribution in [3.05, 3.63) is 89.7 Å². The number of nitrogens with zero attached hydrogens (tertiary/aromatic N) is 3. The van der Waals surface area contributed by atoms with Crippen LogP contribution in [0, 0.1) is 6.92 Å². The molecule has 4 aromatic rings. The number of aromatic nitrogens is 3. The number of hydrogen-bond donors (Lipinski definition) is 0. The maximum Gasteiger partial charge on any atom is 0.196 e. The van der Waals surface area contributed by atoms with Gasteiger partial charge in [0, 0.05) is 11.3 Å². The second kappa shape index (κ2) is 10.9. The maximum atomic E-state index is 12.7. The molecule has 0 spiro atoms. The van der Waals surface area contributed by atoms with Crippen LogP contribution >= 0.6 is 11.8 Å². The number of thioether (sulfide) groups is 1. The third-order valence-corrected chi connectivity index (χ3v) is 6.06. The van der Waals surface area contributed by atoms with Crippen LogP contribution in [0.5, 0.6) is 17.2 Å². The molecule has 34 heavy (non-hydrogen) atoms. The van der Waals surface area contributed by atoms with Crippen molar-refractivity contribution in [1.29, 1.82) is 0 Å². The Morgan fingerprint density at radius 3 is 2.38 bits per heavy atom. The minimum absolute atomic E-state index is 0.00236. The van der Waals surface area contributed by atoms with E-state index in [1.54, 1.807) is 38.5 Å². The molecule has 1 heterocycles. The number of Topliss-reactive ketones (excluding diaryl/α,β-unsaturated/α-hetero) is 1. The van der Waals surface area contributed by atoms with Crippen LogP contribution in [0.15, 0.2) is 78.0 Å². The Hall–Kier alpha value is -3.78. The fourth-order valence-corrected chi connectivity index (χ4v) is 4.22. The minimum atomic E-state index is -0.00236. The highest BCUT2D eigenvalue weighted by Gasteiger charge is 2.18. The molecule has 0 amide bonds. The van der Waals surface area contributed by atoms with Gasteiger partial charge in [0.2, 0.25) is 0 Å². The summed E-state index contributed by atoms with van der Waals surface area (Å²) in [5.41, 5.74) is 2.59. The third-order valence-electron chi connectivity index (χ3n) is 5.14. The Kier molecular flexibility index (Phi) is 7.49. The summed E-state index contributed by atoms with van der Waals surface area (Å²) in [6, 6.07) is 22.6. The first-order chi connectivity index (χ1) is 16.6. The van der Waals surface area contributed by atoms with Crippen molar-refractivity contribution in [2.45, 2.75) is 18.7 Å². The summed E-state index contributed by atoms with van der Waals surface area (Å²) in [5, 5.41) is 9.31. The molecule has 0 aliphatic carbocycles. The summed E-state index contributed by atoms with van der Waals surface area (Å²) in [5.74, 6) is 2.84. The van der Waals surface area contributed by atoms with Crippen molar-refractivity contribution in [2.75, 3.05) is 20.0 Å². The van der Waals surface area contributed by atoms with Gasteiger partial charge in [0.15, 0.2) is 28.3 Å². The van der Waals surface area contributed by atoms with E-state index in [-0.39, 0.29) is 18.1 Å². The summed E-state index contributed by atoms with van der Waals surface area (Å²) < 4.78 is 18.5. The second-order valence-corrected chi connectivity index (χ2v) is 8.40. The molecule has 0 aliphatic rings. The number of rotatable bonds is 10. The Morgan fingerprint density at radius 2 is 1.68 bits per heavy atom. The lowest BCUT2D eigenvalue weighted by molar-refractivity contribution is 0.102. The molecular weight excluding hydrogens is 450 g/mol. The highest BCUT2D eigenvalue weighted by atomic mass is 32.2. The zero-order valence-electron chi connectivity index (χ0n) is 19.2. The van der Waals surface area contributed by atoms with Crippen LogP contribution in [-0.4, -0.2) is 40.5 Å². The summed E-state index contributed by atoms with van der Waals surface area (Å²) in [7, 11) is 3.21. The molecule has 3 aromatic carbocycles. The van der Waals surface area contributed by atoms with Crippen molar-refractivity contribution in [1.82, 2.24) is 14.8 Å². The molecule has 0 N–H and O–H groups in total. The van der Waals surface area contributed by atoms with Gasteiger partial charge in [0.25, 0.3) is 0 Å². The van der Waals surface area contributed by atoms with Gasteiger partial charge in [-0.05, 0) is 61.0 Å². The van der Waals surface area contributed by atoms with E-state index in [0.717, 1.165) is 11.3 Å². The van der Waals surface area contributed by atoms with Gasteiger partial charge < -0.3 is 14.2 Å². The number of carbonyl (C=O) groups excluding carboxylic acids is 1. The molecule has 4 rings (SSSR count). The Morgan fingerprint density at radius 1 is 0.912 bits per heavy atom. The molecule has 174 valence electrons. The van der Waals surface area contributed by atoms with Crippen LogP contribution in [0.25, 0.3) is 5.69 Å². The summed E-state index contributed by atoms with van der Waals surface area (Å²) in [6.45, 7) is 2.18. The number of methoxy groups -OCH3 is 2. The van der Waals surface area contributed by atoms with Crippen molar-refractivity contribution in [3.63, 3.8) is 0 Å². The van der Waals surface area contributed by atoms with Crippen LogP contribution in [0.2, 0.25) is 0 Å². The number of ketones is 1. The van der Waals surface area contributed by atoms with Crippen LogP contribution in [0.1, 0.15) is 21.7 Å². The third kappa shape index (κ3) is 5.40. The van der Waals surface area contributed by atoms with E-state index in [9.17, 15) is 4.79 Å². The van der Waals surface area contributed by atoms with Crippen molar-refractivity contribution < 1.29 is 19.0 Å². The topological polar surface area (TPSA) is 75.5 Å². The van der Waals surface area contributed by atoms with Crippen molar-refractivity contribution in [3.8, 4) is 22.9 Å². The number of carbonyl (C=O) groups is 1. The van der Waals surface area contributed by atoms with Crippen LogP contribution in [0.3, 0.4) is 0 Å². The van der Waals surface area contributed by atoms with Crippen LogP contribution in [0.4, 0.5) is 0 Å². The average Bonchev–Trinajstić information content (AvgIpc) is 3.29. The number of para-hydroxylation sites is 1. The Bertz CT molecular complexity index is 1260. The Labute approximate surface area is 202 Å². The van der Waals surface area contributed by atoms with Crippen molar-refractivity contribution >= 4 is 17.5 Å². The SMILES string of the molecule is COc1ccc(C(=O)CSc2nnc(COc3ccc(C)cc3OC)n2-c2ccccc2)cc1. The van der Waals surface area contributed by atoms with E-state index < -0.39 is 0 Å². The van der Waals surface area contributed by atoms with E-state index in [2.05, 4.69) is 10.2 Å². The minimum Gasteiger partial charge on any atom is -0.497 e. The maximum absolute atomic E-state index is 12.7. The molecule has 0 bridgehead atoms. The normalized spacial score (nSPS) is 10.7. The van der Waals surface area contributed by atoms with E-state index in [1.807, 2.05) is 60.0 Å². The number of ether oxygens (including phenoxy) is 3. The van der Waals surface area contributed by atoms with Gasteiger partial charge in [-0.1, -0.05) is 36.0 Å². The molecule has 0 fully saturated rings. The fourth-order valence-electron chi connectivity index (χ4n) is 3.35. The molecule has 0 atom stereocenters. The highest BCUT2D eigenvalue weighted by Crippen LogP contribution is 2.29. The van der Waals surface area contributed by atoms with E-state index in [4.69, 9.17) is 14.2 Å². The smallest absolute Gasteiger partial charge is 0.196 e. The first kappa shape index (κ1) is 23.4. The van der Waals surface area contributed by atoms with Gasteiger partial charge in [-0.25, -0.2) is 0 Å². The highest BCUT2D eigenvalue weighted by molar-refractivity contribution is 7.99. The number of aryl methyl sites for hydroxylation is 1. The summed E-state index contributed by atoms with van der Waals surface area (Å²) in [4.78, 5) is 12.7. The van der Waals surface area contributed by atoms with E-state index in [0.29, 0.717) is 33.8 Å². The lowest BCUT2D eigenvalue weighted by atomic mass is 10.1. The zero-order chi connectivity index (χ0) is 23.9. The monoisotopic (exact) mass is 475 g/mol. The standard InChI is InChI=1S/C26H25N3O4S/c1-18-9-14-23(24(15-18)32-3)33-16-25-27-28-26(29(25)20-7-5-4-6-8-20)34-17-22(30)19-10-12-21(31-2)13-11-19/h4-15H,16-17H2,1-3H3. The molecular formula is C26H25N3O4S. The number of hydrogen-bond acceptors (Lipinski definition) is 7. The first-order valence-electron chi connectivity index (χ1n) is 10.7. The molecule has 0 unspecified atom stereocenters. The van der Waals surface area contributed by atoms with Gasteiger partial charge >= 0.3 is 0 Å². The van der Waals surface area contributed by atoms with Gasteiger partial charge in [-0.3, -0.25) is 9.36 Å². The van der Waals surface area contributed by atoms with Gasteiger partial charge in [0.1, 0.15) is 12.4 Å². The predicted molar refractivity (Wildman–Crippen MR) is 131 cm³/mol. The predicted octanol–water partition coefficient (Wildman–Crippen LogP) is 5.15. The molecule has 7 nitrogen and oxygen atoms in total. The zero-order valence-corrected chi connectivity index (χ0v) is 20.0. The van der Waals surface area contributed by atoms with Gasteiger partial charge in [-0.15, -0.1) is 10.2 Å². The first-order valence-corrected chi connectivity index (χ1v) is 11.6. The lowest BCUT2D eigenvalue weighted by Gasteiger charge is -2.13. The second-order valence-electron chi connectivity index (χ2n) is 7.45. The van der Waals surface area contributed by atoms with Gasteiger partial charge in [-0.2, -0.15) is 0 Å². The molecule has 0 aliphatic heterocycles. The van der Waals surface area contributed by atoms with E-state index >= 15 is 0 Å². The largest absolute Gasteiger partial charge is 0.497 e. The number of benzene rings is 3. The molecule has 0 radical (unpaired) electrons. The summed E-state index contributed by atoms with van der Waals surface area (Å²) in [6.07, 6.45) is 0. The van der Waals surface area contributed by atoms with Crippen LogP contribution in [-0.2, 0) is 6.61 Å². The quantitative estimate of drug-likeness (QED) is 0.232. The molecule has 0 saturated heterocycles. The summed E-state index contributed by atoms with van der Waals surface area (Å²) >= 11 is 1.34. The van der Waals surface area contributed by atoms with Crippen molar-refractivity contribution in [2.24, 2.45) is 0 Å². The molecule has 1 aromatic heterocycles. The molecule has 0 saturated carbocycles. The lowest BCUT2D eigenvalue weighted by Crippen LogP contribution is -2.08.